The molecule has 1 aliphatic heterocycles. The van der Waals surface area contributed by atoms with E-state index in [2.05, 4.69) is 5.32 Å². The molecule has 0 spiro atoms. The third-order valence-corrected chi connectivity index (χ3v) is 4.50. The summed E-state index contributed by atoms with van der Waals surface area (Å²) in [6.45, 7) is 0.142. The molecule has 2 amide bonds. The molecule has 22 heavy (non-hydrogen) atoms. The Labute approximate surface area is 133 Å². The fourth-order valence-electron chi connectivity index (χ4n) is 3.01. The van der Waals surface area contributed by atoms with E-state index in [0.717, 1.165) is 5.69 Å². The van der Waals surface area contributed by atoms with E-state index in [9.17, 15) is 9.59 Å². The molecule has 1 aromatic rings. The Morgan fingerprint density at radius 2 is 2.00 bits per heavy atom. The van der Waals surface area contributed by atoms with Gasteiger partial charge in [0.1, 0.15) is 5.75 Å². The molecule has 2 atom stereocenters. The van der Waals surface area contributed by atoms with Crippen LogP contribution in [0, 0.1) is 11.8 Å². The largest absolute Gasteiger partial charge is 0.495 e. The number of carbonyl (C=O) groups excluding carboxylic acids is 2. The molecule has 0 aromatic heterocycles. The van der Waals surface area contributed by atoms with Gasteiger partial charge in [-0.3, -0.25) is 14.5 Å². The molecule has 1 aliphatic carbocycles. The number of para-hydroxylation sites is 2. The standard InChI is InChI=1S/C16H17ClN2O3/c1-22-14-5-3-2-4-13(14)18-9-19-15(20)11-7-6-10(17)8-12(11)16(19)21/h2-6,11-12,18H,7-9H2,1H3/t11-,12-/m1/s1. The lowest BCUT2D eigenvalue weighted by Crippen LogP contribution is -2.35. The SMILES string of the molecule is COc1ccccc1NCN1C(=O)[C@@H]2CC=C(Cl)C[C@H]2C1=O. The van der Waals surface area contributed by atoms with Crippen molar-refractivity contribution in [1.82, 2.24) is 4.90 Å². The zero-order valence-electron chi connectivity index (χ0n) is 12.2. The number of likely N-dealkylation sites (tertiary alicyclic amines) is 1. The minimum Gasteiger partial charge on any atom is -0.495 e. The van der Waals surface area contributed by atoms with E-state index in [0.29, 0.717) is 23.6 Å². The first-order valence-electron chi connectivity index (χ1n) is 7.18. The van der Waals surface area contributed by atoms with Crippen LogP contribution in [-0.2, 0) is 9.59 Å². The van der Waals surface area contributed by atoms with Gasteiger partial charge >= 0.3 is 0 Å². The molecule has 6 heteroatoms. The molecular weight excluding hydrogens is 304 g/mol. The number of methoxy groups -OCH3 is 1. The maximum absolute atomic E-state index is 12.4. The van der Waals surface area contributed by atoms with Crippen molar-refractivity contribution >= 4 is 29.1 Å². The van der Waals surface area contributed by atoms with Crippen LogP contribution in [0.4, 0.5) is 5.69 Å². The third-order valence-electron chi connectivity index (χ3n) is 4.19. The molecule has 1 saturated heterocycles. The van der Waals surface area contributed by atoms with Crippen LogP contribution in [0.25, 0.3) is 0 Å². The van der Waals surface area contributed by atoms with Gasteiger partial charge in [-0.05, 0) is 25.0 Å². The average Bonchev–Trinajstić information content (AvgIpc) is 2.76. The number of imide groups is 1. The minimum atomic E-state index is -0.315. The number of hydrogen-bond donors (Lipinski definition) is 1. The molecule has 116 valence electrons. The van der Waals surface area contributed by atoms with Crippen LogP contribution >= 0.6 is 11.6 Å². The van der Waals surface area contributed by atoms with Crippen LogP contribution in [-0.4, -0.2) is 30.5 Å². The first kappa shape index (κ1) is 14.9. The van der Waals surface area contributed by atoms with Crippen molar-refractivity contribution in [2.75, 3.05) is 19.1 Å². The summed E-state index contributed by atoms with van der Waals surface area (Å²) < 4.78 is 5.25. The van der Waals surface area contributed by atoms with Crippen molar-refractivity contribution in [2.24, 2.45) is 11.8 Å². The number of amides is 2. The molecular formula is C16H17ClN2O3. The number of nitrogens with one attached hydrogen (secondary N) is 1. The van der Waals surface area contributed by atoms with Crippen LogP contribution in [0.1, 0.15) is 12.8 Å². The van der Waals surface area contributed by atoms with Gasteiger partial charge in [0, 0.05) is 5.03 Å². The van der Waals surface area contributed by atoms with E-state index in [4.69, 9.17) is 16.3 Å². The van der Waals surface area contributed by atoms with Gasteiger partial charge in [0.15, 0.2) is 0 Å². The number of benzene rings is 1. The van der Waals surface area contributed by atoms with Gasteiger partial charge in [-0.2, -0.15) is 0 Å². The molecule has 0 bridgehead atoms. The lowest BCUT2D eigenvalue weighted by atomic mass is 9.85. The number of nitrogens with zero attached hydrogens (tertiary/aromatic N) is 1. The molecule has 0 unspecified atom stereocenters. The Morgan fingerprint density at radius 3 is 2.77 bits per heavy atom. The van der Waals surface area contributed by atoms with E-state index >= 15 is 0 Å². The maximum Gasteiger partial charge on any atom is 0.234 e. The van der Waals surface area contributed by atoms with Gasteiger partial charge in [-0.1, -0.05) is 29.8 Å². The first-order valence-corrected chi connectivity index (χ1v) is 7.56. The van der Waals surface area contributed by atoms with Gasteiger partial charge in [0.05, 0.1) is 31.3 Å². The smallest absolute Gasteiger partial charge is 0.234 e. The molecule has 1 N–H and O–H groups in total. The quantitative estimate of drug-likeness (QED) is 0.866. The number of halogens is 1. The highest BCUT2D eigenvalue weighted by Crippen LogP contribution is 2.38. The zero-order chi connectivity index (χ0) is 15.7. The van der Waals surface area contributed by atoms with Crippen LogP contribution in [0.3, 0.4) is 0 Å². The van der Waals surface area contributed by atoms with E-state index in [1.807, 2.05) is 30.3 Å². The molecule has 5 nitrogen and oxygen atoms in total. The first-order chi connectivity index (χ1) is 10.6. The van der Waals surface area contributed by atoms with Crippen molar-refractivity contribution in [3.05, 3.63) is 35.4 Å². The minimum absolute atomic E-state index is 0.127. The summed E-state index contributed by atoms with van der Waals surface area (Å²) in [5, 5.41) is 3.77. The van der Waals surface area contributed by atoms with Crippen LogP contribution in [0.15, 0.2) is 35.4 Å². The third kappa shape index (κ3) is 2.57. The number of carbonyl (C=O) groups is 2. The van der Waals surface area contributed by atoms with Crippen molar-refractivity contribution in [1.29, 1.82) is 0 Å². The topological polar surface area (TPSA) is 58.6 Å². The Balaban J connectivity index is 1.71. The Bertz CT molecular complexity index is 644. The number of fused-ring (bicyclic) bond motifs is 1. The molecule has 3 rings (SSSR count). The lowest BCUT2D eigenvalue weighted by Gasteiger charge is -2.18. The van der Waals surface area contributed by atoms with E-state index < -0.39 is 0 Å². The second-order valence-corrected chi connectivity index (χ2v) is 5.93. The van der Waals surface area contributed by atoms with E-state index in [1.54, 1.807) is 7.11 Å². The normalized spacial score (nSPS) is 24.1. The highest BCUT2D eigenvalue weighted by molar-refractivity contribution is 6.30. The highest BCUT2D eigenvalue weighted by Gasteiger charge is 2.48. The van der Waals surface area contributed by atoms with Crippen molar-refractivity contribution in [3.8, 4) is 5.75 Å². The second-order valence-electron chi connectivity index (χ2n) is 5.44. The summed E-state index contributed by atoms with van der Waals surface area (Å²) in [6.07, 6.45) is 2.84. The highest BCUT2D eigenvalue weighted by atomic mass is 35.5. The van der Waals surface area contributed by atoms with Crippen molar-refractivity contribution < 1.29 is 14.3 Å². The Hall–Kier alpha value is -2.01. The number of anilines is 1. The summed E-state index contributed by atoms with van der Waals surface area (Å²) in [4.78, 5) is 26.1. The fourth-order valence-corrected chi connectivity index (χ4v) is 3.26. The van der Waals surface area contributed by atoms with Gasteiger partial charge in [0.2, 0.25) is 11.8 Å². The number of allylic oxidation sites excluding steroid dienone is 2. The van der Waals surface area contributed by atoms with Crippen molar-refractivity contribution in [3.63, 3.8) is 0 Å². The maximum atomic E-state index is 12.4. The van der Waals surface area contributed by atoms with Crippen molar-refractivity contribution in [2.45, 2.75) is 12.8 Å². The summed E-state index contributed by atoms with van der Waals surface area (Å²) >= 11 is 6.00. The Kier molecular flexibility index (Phi) is 4.07. The summed E-state index contributed by atoms with van der Waals surface area (Å²) in [5.41, 5.74) is 0.747. The predicted octanol–water partition coefficient (Wildman–Crippen LogP) is 2.58. The molecule has 1 heterocycles. The average molecular weight is 321 g/mol. The number of hydrogen-bond acceptors (Lipinski definition) is 4. The Morgan fingerprint density at radius 1 is 1.27 bits per heavy atom. The van der Waals surface area contributed by atoms with Gasteiger partial charge in [0.25, 0.3) is 0 Å². The summed E-state index contributed by atoms with van der Waals surface area (Å²) in [5.74, 6) is -0.191. The number of rotatable bonds is 4. The predicted molar refractivity (Wildman–Crippen MR) is 83.5 cm³/mol. The van der Waals surface area contributed by atoms with Gasteiger partial charge in [-0.25, -0.2) is 0 Å². The van der Waals surface area contributed by atoms with E-state index in [-0.39, 0.29) is 30.3 Å². The molecule has 0 saturated carbocycles. The van der Waals surface area contributed by atoms with Gasteiger partial charge < -0.3 is 10.1 Å². The molecule has 1 aromatic carbocycles. The zero-order valence-corrected chi connectivity index (χ0v) is 13.0. The fraction of sp³-hybridized carbons (Fsp3) is 0.375. The summed E-state index contributed by atoms with van der Waals surface area (Å²) in [7, 11) is 1.58. The molecule has 0 radical (unpaired) electrons. The monoisotopic (exact) mass is 320 g/mol. The van der Waals surface area contributed by atoms with Crippen LogP contribution in [0.2, 0.25) is 0 Å². The lowest BCUT2D eigenvalue weighted by molar-refractivity contribution is -0.139. The van der Waals surface area contributed by atoms with Crippen LogP contribution < -0.4 is 10.1 Å². The van der Waals surface area contributed by atoms with Crippen LogP contribution in [0.5, 0.6) is 5.75 Å². The second kappa shape index (κ2) is 6.01. The number of ether oxygens (including phenoxy) is 1. The molecule has 1 fully saturated rings. The summed E-state index contributed by atoms with van der Waals surface area (Å²) in [6, 6.07) is 7.38. The van der Waals surface area contributed by atoms with E-state index in [1.165, 1.54) is 4.90 Å². The molecule has 2 aliphatic rings. The van der Waals surface area contributed by atoms with Gasteiger partial charge in [-0.15, -0.1) is 0 Å².